The molecule has 21 heavy (non-hydrogen) atoms. The van der Waals surface area contributed by atoms with E-state index in [9.17, 15) is 0 Å². The molecule has 0 spiro atoms. The minimum absolute atomic E-state index is 0.939. The quantitative estimate of drug-likeness (QED) is 0.585. The van der Waals surface area contributed by atoms with Gasteiger partial charge in [0.15, 0.2) is 0 Å². The molecule has 0 saturated heterocycles. The Hall–Kier alpha value is -1.68. The first-order valence-corrected chi connectivity index (χ1v) is 7.65. The van der Waals surface area contributed by atoms with Gasteiger partial charge in [-0.15, -0.1) is 0 Å². The van der Waals surface area contributed by atoms with Crippen LogP contribution in [0.5, 0.6) is 0 Å². The van der Waals surface area contributed by atoms with Crippen LogP contribution in [0.4, 0.5) is 0 Å². The molecule has 0 aromatic heterocycles. The van der Waals surface area contributed by atoms with Crippen LogP contribution < -0.4 is 16.0 Å². The predicted octanol–water partition coefficient (Wildman–Crippen LogP) is 2.16. The van der Waals surface area contributed by atoms with E-state index in [1.165, 1.54) is 11.1 Å². The normalized spacial score (nSPS) is 10.7. The van der Waals surface area contributed by atoms with Crippen molar-refractivity contribution in [1.82, 2.24) is 16.0 Å². The number of benzene rings is 2. The summed E-state index contributed by atoms with van der Waals surface area (Å²) in [5.41, 5.74) is 2.67. The molecule has 0 atom stereocenters. The maximum Gasteiger partial charge on any atom is 0.0206 e. The number of hydrogen-bond acceptors (Lipinski definition) is 3. The third-order valence-corrected chi connectivity index (χ3v) is 3.30. The van der Waals surface area contributed by atoms with Crippen LogP contribution in [-0.4, -0.2) is 26.2 Å². The molecule has 3 heteroatoms. The van der Waals surface area contributed by atoms with E-state index in [-0.39, 0.29) is 0 Å². The lowest BCUT2D eigenvalue weighted by Gasteiger charge is -2.08. The number of nitrogens with one attached hydrogen (secondary N) is 3. The summed E-state index contributed by atoms with van der Waals surface area (Å²) in [6, 6.07) is 21.0. The van der Waals surface area contributed by atoms with Gasteiger partial charge in [-0.2, -0.15) is 0 Å². The number of hydrogen-bond donors (Lipinski definition) is 3. The van der Waals surface area contributed by atoms with Gasteiger partial charge in [0.1, 0.15) is 0 Å². The van der Waals surface area contributed by atoms with E-state index in [0.29, 0.717) is 0 Å². The highest BCUT2D eigenvalue weighted by Crippen LogP contribution is 1.97. The molecule has 0 fully saturated rings. The largest absolute Gasteiger partial charge is 0.314 e. The minimum Gasteiger partial charge on any atom is -0.314 e. The van der Waals surface area contributed by atoms with Crippen molar-refractivity contribution in [3.8, 4) is 0 Å². The van der Waals surface area contributed by atoms with Gasteiger partial charge in [-0.05, 0) is 11.1 Å². The molecule has 0 bridgehead atoms. The van der Waals surface area contributed by atoms with Crippen molar-refractivity contribution in [3.63, 3.8) is 0 Å². The Balaban J connectivity index is 1.40. The fourth-order valence-electron chi connectivity index (χ4n) is 2.14. The molecule has 2 aromatic rings. The van der Waals surface area contributed by atoms with E-state index in [4.69, 9.17) is 0 Å². The molecule has 3 nitrogen and oxygen atoms in total. The van der Waals surface area contributed by atoms with Crippen molar-refractivity contribution in [3.05, 3.63) is 71.8 Å². The monoisotopic (exact) mass is 283 g/mol. The van der Waals surface area contributed by atoms with Gasteiger partial charge in [-0.25, -0.2) is 0 Å². The first kappa shape index (κ1) is 15.7. The molecular weight excluding hydrogens is 258 g/mol. The van der Waals surface area contributed by atoms with Crippen molar-refractivity contribution >= 4 is 0 Å². The first-order chi connectivity index (χ1) is 10.4. The molecule has 0 unspecified atom stereocenters. The van der Waals surface area contributed by atoms with E-state index in [2.05, 4.69) is 64.5 Å². The Morgan fingerprint density at radius 3 is 1.29 bits per heavy atom. The molecule has 2 rings (SSSR count). The van der Waals surface area contributed by atoms with Crippen molar-refractivity contribution < 1.29 is 0 Å². The summed E-state index contributed by atoms with van der Waals surface area (Å²) in [6.07, 6.45) is 0. The Morgan fingerprint density at radius 1 is 0.476 bits per heavy atom. The molecule has 0 heterocycles. The van der Waals surface area contributed by atoms with Gasteiger partial charge in [-0.1, -0.05) is 60.7 Å². The van der Waals surface area contributed by atoms with Crippen molar-refractivity contribution in [2.75, 3.05) is 26.2 Å². The molecule has 112 valence electrons. The highest BCUT2D eigenvalue weighted by atomic mass is 15.0. The van der Waals surface area contributed by atoms with Gasteiger partial charge >= 0.3 is 0 Å². The van der Waals surface area contributed by atoms with Gasteiger partial charge in [0.2, 0.25) is 0 Å². The molecule has 0 aliphatic heterocycles. The lowest BCUT2D eigenvalue weighted by Crippen LogP contribution is -2.32. The molecule has 0 aliphatic carbocycles. The summed E-state index contributed by atoms with van der Waals surface area (Å²) in [4.78, 5) is 0. The van der Waals surface area contributed by atoms with E-state index in [0.717, 1.165) is 39.3 Å². The van der Waals surface area contributed by atoms with Crippen molar-refractivity contribution in [2.24, 2.45) is 0 Å². The summed E-state index contributed by atoms with van der Waals surface area (Å²) >= 11 is 0. The van der Waals surface area contributed by atoms with Crippen LogP contribution in [0.15, 0.2) is 60.7 Å². The molecule has 2 aromatic carbocycles. The smallest absolute Gasteiger partial charge is 0.0206 e. The second-order valence-corrected chi connectivity index (χ2v) is 5.07. The second kappa shape index (κ2) is 10.1. The zero-order valence-electron chi connectivity index (χ0n) is 12.5. The number of rotatable bonds is 10. The van der Waals surface area contributed by atoms with Crippen LogP contribution in [0.1, 0.15) is 11.1 Å². The molecule has 0 saturated carbocycles. The zero-order valence-corrected chi connectivity index (χ0v) is 12.5. The summed E-state index contributed by atoms with van der Waals surface area (Å²) in [6.45, 7) is 5.87. The van der Waals surface area contributed by atoms with Gasteiger partial charge < -0.3 is 16.0 Å². The highest BCUT2D eigenvalue weighted by molar-refractivity contribution is 5.14. The molecule has 3 N–H and O–H groups in total. The summed E-state index contributed by atoms with van der Waals surface area (Å²) in [5, 5.41) is 10.3. The minimum atomic E-state index is 0.939. The first-order valence-electron chi connectivity index (χ1n) is 7.65. The van der Waals surface area contributed by atoms with E-state index in [1.54, 1.807) is 0 Å². The highest BCUT2D eigenvalue weighted by Gasteiger charge is 1.92. The standard InChI is InChI=1S/C18H25N3/c1-3-7-17(8-4-1)15-20-13-11-19-12-14-21-16-18-9-5-2-6-10-18/h1-10,19-21H,11-16H2. The van der Waals surface area contributed by atoms with E-state index < -0.39 is 0 Å². The van der Waals surface area contributed by atoms with Gasteiger partial charge in [0, 0.05) is 39.3 Å². The van der Waals surface area contributed by atoms with Crippen LogP contribution >= 0.6 is 0 Å². The maximum absolute atomic E-state index is 3.44. The average Bonchev–Trinajstić information content (AvgIpc) is 2.55. The van der Waals surface area contributed by atoms with E-state index >= 15 is 0 Å². The van der Waals surface area contributed by atoms with Crippen LogP contribution in [0.3, 0.4) is 0 Å². The Morgan fingerprint density at radius 2 is 0.857 bits per heavy atom. The molecule has 0 amide bonds. The van der Waals surface area contributed by atoms with Crippen LogP contribution in [0.2, 0.25) is 0 Å². The van der Waals surface area contributed by atoms with Crippen LogP contribution in [0.25, 0.3) is 0 Å². The Labute approximate surface area is 127 Å². The zero-order chi connectivity index (χ0) is 14.6. The van der Waals surface area contributed by atoms with Crippen molar-refractivity contribution in [1.29, 1.82) is 0 Å². The SMILES string of the molecule is c1ccc(CNCCNCCNCc2ccccc2)cc1. The third-order valence-electron chi connectivity index (χ3n) is 3.30. The maximum atomic E-state index is 3.44. The molecule has 0 radical (unpaired) electrons. The lowest BCUT2D eigenvalue weighted by atomic mass is 10.2. The Kier molecular flexibility index (Phi) is 7.56. The molecular formula is C18H25N3. The average molecular weight is 283 g/mol. The fraction of sp³-hybridized carbons (Fsp3) is 0.333. The van der Waals surface area contributed by atoms with E-state index in [1.807, 2.05) is 12.1 Å². The molecule has 0 aliphatic rings. The topological polar surface area (TPSA) is 36.1 Å². The van der Waals surface area contributed by atoms with Crippen molar-refractivity contribution in [2.45, 2.75) is 13.1 Å². The lowest BCUT2D eigenvalue weighted by molar-refractivity contribution is 0.581. The fourth-order valence-corrected chi connectivity index (χ4v) is 2.14. The third kappa shape index (κ3) is 7.04. The second-order valence-electron chi connectivity index (χ2n) is 5.07. The van der Waals surface area contributed by atoms with Gasteiger partial charge in [0.05, 0.1) is 0 Å². The van der Waals surface area contributed by atoms with Gasteiger partial charge in [-0.3, -0.25) is 0 Å². The summed E-state index contributed by atoms with van der Waals surface area (Å²) in [5.74, 6) is 0. The summed E-state index contributed by atoms with van der Waals surface area (Å²) < 4.78 is 0. The van der Waals surface area contributed by atoms with Crippen LogP contribution in [-0.2, 0) is 13.1 Å². The summed E-state index contributed by atoms with van der Waals surface area (Å²) in [7, 11) is 0. The van der Waals surface area contributed by atoms with Gasteiger partial charge in [0.25, 0.3) is 0 Å². The van der Waals surface area contributed by atoms with Crippen LogP contribution in [0, 0.1) is 0 Å². The predicted molar refractivity (Wildman–Crippen MR) is 89.2 cm³/mol. The Bertz CT molecular complexity index is 425.